The van der Waals surface area contributed by atoms with Gasteiger partial charge in [-0.05, 0) is 54.5 Å². The van der Waals surface area contributed by atoms with E-state index in [2.05, 4.69) is 6.92 Å². The van der Waals surface area contributed by atoms with E-state index in [1.165, 1.54) is 11.6 Å². The molecule has 0 saturated heterocycles. The third kappa shape index (κ3) is 4.09. The van der Waals surface area contributed by atoms with Gasteiger partial charge in [0.05, 0.1) is 0 Å². The summed E-state index contributed by atoms with van der Waals surface area (Å²) in [5, 5.41) is 9.22. The Kier molecular flexibility index (Phi) is 4.56. The van der Waals surface area contributed by atoms with E-state index in [0.717, 1.165) is 24.8 Å². The molecule has 0 saturated carbocycles. The lowest BCUT2D eigenvalue weighted by Crippen LogP contribution is -2.03. The number of benzene rings is 2. The zero-order valence-corrected chi connectivity index (χ0v) is 11.1. The lowest BCUT2D eigenvalue weighted by atomic mass is 9.94. The van der Waals surface area contributed by atoms with Crippen LogP contribution in [0.25, 0.3) is 0 Å². The molecular weight excluding hydrogens is 239 g/mol. The van der Waals surface area contributed by atoms with Gasteiger partial charge in [-0.3, -0.25) is 0 Å². The van der Waals surface area contributed by atoms with Crippen molar-refractivity contribution in [3.8, 4) is 5.75 Å². The van der Waals surface area contributed by atoms with Crippen molar-refractivity contribution in [3.63, 3.8) is 0 Å². The molecule has 0 aromatic heterocycles. The van der Waals surface area contributed by atoms with Crippen LogP contribution in [0.2, 0.25) is 0 Å². The summed E-state index contributed by atoms with van der Waals surface area (Å²) in [6, 6.07) is 14.3. The summed E-state index contributed by atoms with van der Waals surface area (Å²) >= 11 is 0. The number of hydrogen-bond acceptors (Lipinski definition) is 1. The fraction of sp³-hybridized carbons (Fsp3) is 0.294. The molecule has 0 bridgehead atoms. The van der Waals surface area contributed by atoms with E-state index in [1.807, 2.05) is 24.3 Å². The first-order valence-corrected chi connectivity index (χ1v) is 6.66. The fourth-order valence-electron chi connectivity index (χ4n) is 2.22. The van der Waals surface area contributed by atoms with Crippen LogP contribution >= 0.6 is 0 Å². The molecule has 1 unspecified atom stereocenters. The van der Waals surface area contributed by atoms with Crippen LogP contribution in [0.15, 0.2) is 48.5 Å². The van der Waals surface area contributed by atoms with Gasteiger partial charge in [0.2, 0.25) is 0 Å². The van der Waals surface area contributed by atoms with Gasteiger partial charge in [-0.1, -0.05) is 37.3 Å². The third-order valence-corrected chi connectivity index (χ3v) is 3.39. The van der Waals surface area contributed by atoms with Crippen molar-refractivity contribution in [2.45, 2.75) is 26.2 Å². The van der Waals surface area contributed by atoms with Gasteiger partial charge in [0, 0.05) is 0 Å². The second kappa shape index (κ2) is 6.37. The van der Waals surface area contributed by atoms with Crippen molar-refractivity contribution >= 4 is 0 Å². The Morgan fingerprint density at radius 2 is 1.74 bits per heavy atom. The normalized spacial score (nSPS) is 12.3. The van der Waals surface area contributed by atoms with Gasteiger partial charge in [0.1, 0.15) is 11.6 Å². The molecule has 100 valence electrons. The summed E-state index contributed by atoms with van der Waals surface area (Å²) < 4.78 is 13.5. The highest BCUT2D eigenvalue weighted by atomic mass is 19.1. The predicted molar refractivity (Wildman–Crippen MR) is 75.7 cm³/mol. The Balaban J connectivity index is 1.86. The van der Waals surface area contributed by atoms with Gasteiger partial charge in [-0.25, -0.2) is 4.39 Å². The molecule has 0 aliphatic rings. The average Bonchev–Trinajstić information content (AvgIpc) is 2.41. The van der Waals surface area contributed by atoms with Gasteiger partial charge in [0.25, 0.3) is 0 Å². The molecule has 2 heteroatoms. The van der Waals surface area contributed by atoms with Crippen molar-refractivity contribution in [2.75, 3.05) is 0 Å². The molecule has 0 aliphatic heterocycles. The number of phenolic OH excluding ortho intramolecular Hbond substituents is 1. The molecule has 2 rings (SSSR count). The number of rotatable bonds is 5. The van der Waals surface area contributed by atoms with Crippen molar-refractivity contribution in [1.82, 2.24) is 0 Å². The summed E-state index contributed by atoms with van der Waals surface area (Å²) in [5.41, 5.74) is 2.00. The van der Waals surface area contributed by atoms with Crippen LogP contribution in [0.5, 0.6) is 5.75 Å². The molecule has 2 aromatic rings. The summed E-state index contributed by atoms with van der Waals surface area (Å²) in [5.74, 6) is 0.618. The van der Waals surface area contributed by atoms with Gasteiger partial charge in [-0.2, -0.15) is 0 Å². The van der Waals surface area contributed by atoms with Crippen LogP contribution < -0.4 is 0 Å². The van der Waals surface area contributed by atoms with E-state index in [9.17, 15) is 9.50 Å². The SMILES string of the molecule is CC(CCc1ccc(O)cc1)Cc1ccccc1F. The summed E-state index contributed by atoms with van der Waals surface area (Å²) in [7, 11) is 0. The maximum Gasteiger partial charge on any atom is 0.126 e. The lowest BCUT2D eigenvalue weighted by molar-refractivity contribution is 0.474. The molecular formula is C17H19FO. The van der Waals surface area contributed by atoms with Crippen molar-refractivity contribution in [3.05, 3.63) is 65.5 Å². The summed E-state index contributed by atoms with van der Waals surface area (Å²) in [4.78, 5) is 0. The number of halogens is 1. The highest BCUT2D eigenvalue weighted by Gasteiger charge is 2.07. The standard InChI is InChI=1S/C17H19FO/c1-13(12-15-4-2-3-5-17(15)18)6-7-14-8-10-16(19)11-9-14/h2-5,8-11,13,19H,6-7,12H2,1H3. The van der Waals surface area contributed by atoms with Crippen LogP contribution in [-0.4, -0.2) is 5.11 Å². The Bertz CT molecular complexity index is 519. The number of aryl methyl sites for hydroxylation is 1. The van der Waals surface area contributed by atoms with Crippen LogP contribution in [0.1, 0.15) is 24.5 Å². The Hall–Kier alpha value is -1.83. The van der Waals surface area contributed by atoms with Gasteiger partial charge < -0.3 is 5.11 Å². The molecule has 2 aromatic carbocycles. The van der Waals surface area contributed by atoms with E-state index in [0.29, 0.717) is 11.7 Å². The largest absolute Gasteiger partial charge is 0.508 e. The average molecular weight is 258 g/mol. The van der Waals surface area contributed by atoms with E-state index in [4.69, 9.17) is 0 Å². The minimum atomic E-state index is -0.112. The first-order chi connectivity index (χ1) is 9.15. The number of hydrogen-bond donors (Lipinski definition) is 1. The molecule has 19 heavy (non-hydrogen) atoms. The van der Waals surface area contributed by atoms with Crippen molar-refractivity contribution in [1.29, 1.82) is 0 Å². The molecule has 0 amide bonds. The van der Waals surface area contributed by atoms with Crippen LogP contribution in [0.4, 0.5) is 4.39 Å². The maximum absolute atomic E-state index is 13.5. The molecule has 0 aliphatic carbocycles. The second-order valence-electron chi connectivity index (χ2n) is 5.11. The topological polar surface area (TPSA) is 20.2 Å². The molecule has 1 atom stereocenters. The van der Waals surface area contributed by atoms with Gasteiger partial charge in [0.15, 0.2) is 0 Å². The van der Waals surface area contributed by atoms with Gasteiger partial charge >= 0.3 is 0 Å². The van der Waals surface area contributed by atoms with Crippen LogP contribution in [0.3, 0.4) is 0 Å². The summed E-state index contributed by atoms with van der Waals surface area (Å²) in [6.45, 7) is 2.15. The predicted octanol–water partition coefficient (Wildman–Crippen LogP) is 4.34. The monoisotopic (exact) mass is 258 g/mol. The molecule has 0 spiro atoms. The zero-order chi connectivity index (χ0) is 13.7. The number of aromatic hydroxyl groups is 1. The molecule has 0 fully saturated rings. The minimum absolute atomic E-state index is 0.112. The zero-order valence-electron chi connectivity index (χ0n) is 11.1. The highest BCUT2D eigenvalue weighted by Crippen LogP contribution is 2.18. The third-order valence-electron chi connectivity index (χ3n) is 3.39. The van der Waals surface area contributed by atoms with Gasteiger partial charge in [-0.15, -0.1) is 0 Å². The van der Waals surface area contributed by atoms with E-state index < -0.39 is 0 Å². The molecule has 0 heterocycles. The second-order valence-corrected chi connectivity index (χ2v) is 5.11. The van der Waals surface area contributed by atoms with Crippen LogP contribution in [0, 0.1) is 11.7 Å². The quantitative estimate of drug-likeness (QED) is 0.845. The molecule has 1 N–H and O–H groups in total. The van der Waals surface area contributed by atoms with E-state index in [1.54, 1.807) is 18.2 Å². The first-order valence-electron chi connectivity index (χ1n) is 6.66. The smallest absolute Gasteiger partial charge is 0.126 e. The number of phenols is 1. The van der Waals surface area contributed by atoms with Crippen molar-refractivity contribution in [2.24, 2.45) is 5.92 Å². The first kappa shape index (κ1) is 13.6. The Morgan fingerprint density at radius 3 is 2.42 bits per heavy atom. The summed E-state index contributed by atoms with van der Waals surface area (Å²) in [6.07, 6.45) is 2.74. The van der Waals surface area contributed by atoms with Crippen molar-refractivity contribution < 1.29 is 9.50 Å². The Morgan fingerprint density at radius 1 is 1.05 bits per heavy atom. The molecule has 1 nitrogen and oxygen atoms in total. The van der Waals surface area contributed by atoms with E-state index in [-0.39, 0.29) is 5.82 Å². The highest BCUT2D eigenvalue weighted by molar-refractivity contribution is 5.26. The molecule has 0 radical (unpaired) electrons. The lowest BCUT2D eigenvalue weighted by Gasteiger charge is -2.12. The fourth-order valence-corrected chi connectivity index (χ4v) is 2.22. The van der Waals surface area contributed by atoms with E-state index >= 15 is 0 Å². The maximum atomic E-state index is 13.5. The van der Waals surface area contributed by atoms with Crippen LogP contribution in [-0.2, 0) is 12.8 Å². The Labute approximate surface area is 113 Å². The minimum Gasteiger partial charge on any atom is -0.508 e.